The molecule has 1 aliphatic heterocycles. The van der Waals surface area contributed by atoms with E-state index in [1.807, 2.05) is 0 Å². The van der Waals surface area contributed by atoms with Crippen LogP contribution in [-0.4, -0.2) is 51.1 Å². The van der Waals surface area contributed by atoms with Crippen molar-refractivity contribution < 1.29 is 0 Å². The third-order valence-electron chi connectivity index (χ3n) is 2.51. The minimum absolute atomic E-state index is 0.998. The summed E-state index contributed by atoms with van der Waals surface area (Å²) < 4.78 is 2.56. The van der Waals surface area contributed by atoms with Gasteiger partial charge in [0.1, 0.15) is 8.24 Å². The van der Waals surface area contributed by atoms with Crippen molar-refractivity contribution in [1.29, 1.82) is 0 Å². The molecule has 0 aromatic carbocycles. The van der Waals surface area contributed by atoms with Crippen LogP contribution < -0.4 is 0 Å². The van der Waals surface area contributed by atoms with Crippen LogP contribution in [0.3, 0.4) is 0 Å². The predicted octanol–water partition coefficient (Wildman–Crippen LogP) is 0.608. The maximum atomic E-state index is 2.56. The summed E-state index contributed by atoms with van der Waals surface area (Å²) >= 11 is 0. The van der Waals surface area contributed by atoms with Gasteiger partial charge in [-0.15, -0.1) is 0 Å². The van der Waals surface area contributed by atoms with E-state index in [4.69, 9.17) is 0 Å². The van der Waals surface area contributed by atoms with Crippen molar-refractivity contribution in [3.63, 3.8) is 0 Å². The molecular weight excluding hydrogens is 140 g/mol. The summed E-state index contributed by atoms with van der Waals surface area (Å²) in [7, 11) is 3.49. The maximum Gasteiger partial charge on any atom is 0.136 e. The van der Waals surface area contributed by atoms with Crippen LogP contribution in [0.4, 0.5) is 0 Å². The molecule has 0 bridgehead atoms. The number of nitrogens with zero attached hydrogens (tertiary/aromatic N) is 2. The number of rotatable bonds is 0. The molecule has 0 saturated carbocycles. The van der Waals surface area contributed by atoms with Crippen molar-refractivity contribution in [2.45, 2.75) is 13.1 Å². The average Bonchev–Trinajstić information content (AvgIpc) is 1.78. The Hall–Kier alpha value is 0.137. The summed E-state index contributed by atoms with van der Waals surface area (Å²) in [6, 6.07) is 0. The van der Waals surface area contributed by atoms with Crippen LogP contribution in [0.1, 0.15) is 0 Å². The van der Waals surface area contributed by atoms with Gasteiger partial charge in [-0.3, -0.25) is 0 Å². The fourth-order valence-electron chi connectivity index (χ4n) is 1.48. The highest BCUT2D eigenvalue weighted by atomic mass is 28.3. The first-order valence-corrected chi connectivity index (χ1v) is 7.07. The van der Waals surface area contributed by atoms with Gasteiger partial charge in [-0.1, -0.05) is 13.1 Å². The first-order chi connectivity index (χ1) is 4.52. The Kier molecular flexibility index (Phi) is 2.17. The number of hydrogen-bond acceptors (Lipinski definition) is 2. The van der Waals surface area contributed by atoms with E-state index >= 15 is 0 Å². The van der Waals surface area contributed by atoms with Crippen molar-refractivity contribution in [1.82, 2.24) is 9.47 Å². The Morgan fingerprint density at radius 3 is 2.10 bits per heavy atom. The summed E-state index contributed by atoms with van der Waals surface area (Å²) in [5.74, 6) is 0. The Morgan fingerprint density at radius 1 is 1.10 bits per heavy atom. The minimum atomic E-state index is -0.998. The van der Waals surface area contributed by atoms with E-state index in [0.29, 0.717) is 0 Å². The third kappa shape index (κ3) is 1.59. The predicted molar refractivity (Wildman–Crippen MR) is 47.6 cm³/mol. The molecule has 10 heavy (non-hydrogen) atoms. The zero-order chi connectivity index (χ0) is 7.78. The molecule has 0 aromatic heterocycles. The van der Waals surface area contributed by atoms with Gasteiger partial charge in [-0.2, -0.15) is 0 Å². The molecular formula is C7H18N2Si. The van der Waals surface area contributed by atoms with E-state index in [1.165, 1.54) is 19.3 Å². The summed E-state index contributed by atoms with van der Waals surface area (Å²) in [6.07, 6.45) is 1.32. The van der Waals surface area contributed by atoms with Gasteiger partial charge >= 0.3 is 0 Å². The Bertz CT molecular complexity index is 125. The van der Waals surface area contributed by atoms with Crippen LogP contribution in [0.5, 0.6) is 0 Å². The highest BCUT2D eigenvalue weighted by Gasteiger charge is 2.31. The summed E-state index contributed by atoms with van der Waals surface area (Å²) in [6.45, 7) is 7.37. The van der Waals surface area contributed by atoms with E-state index in [-0.39, 0.29) is 0 Å². The standard InChI is InChI=1S/C7H18N2Si/c1-8-5-6-9(2)10(3,4)7-8/h5-7H2,1-4H3. The first kappa shape index (κ1) is 8.24. The Labute approximate surface area is 64.9 Å². The zero-order valence-electron chi connectivity index (χ0n) is 7.52. The highest BCUT2D eigenvalue weighted by Crippen LogP contribution is 2.12. The Balaban J connectivity index is 2.55. The van der Waals surface area contributed by atoms with Crippen molar-refractivity contribution >= 4 is 8.24 Å². The molecule has 0 aromatic rings. The maximum absolute atomic E-state index is 2.56. The summed E-state index contributed by atoms with van der Waals surface area (Å²) in [5, 5.41) is 0. The lowest BCUT2D eigenvalue weighted by Gasteiger charge is -2.42. The minimum Gasteiger partial charge on any atom is -0.324 e. The molecule has 0 radical (unpaired) electrons. The molecule has 1 aliphatic rings. The molecule has 3 heteroatoms. The molecule has 60 valence electrons. The quantitative estimate of drug-likeness (QED) is 0.477. The molecule has 0 amide bonds. The molecule has 0 unspecified atom stereocenters. The molecule has 1 fully saturated rings. The van der Waals surface area contributed by atoms with Gasteiger partial charge < -0.3 is 9.47 Å². The van der Waals surface area contributed by atoms with Gasteiger partial charge in [-0.25, -0.2) is 0 Å². The second-order valence-electron chi connectivity index (χ2n) is 3.97. The fraction of sp³-hybridized carbons (Fsp3) is 1.00. The number of hydrogen-bond donors (Lipinski definition) is 0. The van der Waals surface area contributed by atoms with E-state index in [0.717, 1.165) is 0 Å². The lowest BCUT2D eigenvalue weighted by Crippen LogP contribution is -2.60. The largest absolute Gasteiger partial charge is 0.324 e. The molecule has 0 N–H and O–H groups in total. The van der Waals surface area contributed by atoms with Gasteiger partial charge in [0.2, 0.25) is 0 Å². The van der Waals surface area contributed by atoms with Gasteiger partial charge in [0, 0.05) is 19.3 Å². The molecule has 0 spiro atoms. The lowest BCUT2D eigenvalue weighted by molar-refractivity contribution is 0.294. The van der Waals surface area contributed by atoms with Crippen molar-refractivity contribution in [3.05, 3.63) is 0 Å². The second-order valence-corrected chi connectivity index (χ2v) is 8.68. The van der Waals surface area contributed by atoms with Crippen molar-refractivity contribution in [2.75, 3.05) is 33.4 Å². The summed E-state index contributed by atoms with van der Waals surface area (Å²) in [5.41, 5.74) is 0. The van der Waals surface area contributed by atoms with Crippen LogP contribution in [0.25, 0.3) is 0 Å². The Morgan fingerprint density at radius 2 is 1.70 bits per heavy atom. The van der Waals surface area contributed by atoms with Crippen molar-refractivity contribution in [3.8, 4) is 0 Å². The van der Waals surface area contributed by atoms with Crippen LogP contribution in [0.15, 0.2) is 0 Å². The first-order valence-electron chi connectivity index (χ1n) is 3.92. The van der Waals surface area contributed by atoms with Crippen LogP contribution in [0, 0.1) is 0 Å². The molecule has 1 rings (SSSR count). The van der Waals surface area contributed by atoms with E-state index in [2.05, 4.69) is 36.7 Å². The van der Waals surface area contributed by atoms with Crippen LogP contribution in [-0.2, 0) is 0 Å². The monoisotopic (exact) mass is 158 g/mol. The van der Waals surface area contributed by atoms with Crippen LogP contribution >= 0.6 is 0 Å². The van der Waals surface area contributed by atoms with Gasteiger partial charge in [0.15, 0.2) is 0 Å². The van der Waals surface area contributed by atoms with E-state index in [1.54, 1.807) is 0 Å². The van der Waals surface area contributed by atoms with Gasteiger partial charge in [0.05, 0.1) is 0 Å². The molecule has 2 nitrogen and oxygen atoms in total. The molecule has 0 aliphatic carbocycles. The number of likely N-dealkylation sites (N-methyl/N-ethyl adjacent to an activating group) is 2. The normalized spacial score (nSPS) is 28.8. The highest BCUT2D eigenvalue weighted by molar-refractivity contribution is 6.74. The van der Waals surface area contributed by atoms with E-state index < -0.39 is 8.24 Å². The van der Waals surface area contributed by atoms with Crippen molar-refractivity contribution in [2.24, 2.45) is 0 Å². The van der Waals surface area contributed by atoms with Gasteiger partial charge in [-0.05, 0) is 14.1 Å². The topological polar surface area (TPSA) is 6.48 Å². The van der Waals surface area contributed by atoms with Gasteiger partial charge in [0.25, 0.3) is 0 Å². The SMILES string of the molecule is CN1CCN(C)[Si](C)(C)C1. The summed E-state index contributed by atoms with van der Waals surface area (Å²) in [4.78, 5) is 2.45. The molecule has 0 atom stereocenters. The lowest BCUT2D eigenvalue weighted by atomic mass is 10.6. The fourth-order valence-corrected chi connectivity index (χ4v) is 3.91. The molecule has 1 saturated heterocycles. The third-order valence-corrected chi connectivity index (χ3v) is 6.11. The second kappa shape index (κ2) is 2.64. The zero-order valence-corrected chi connectivity index (χ0v) is 8.52. The molecule has 1 heterocycles. The van der Waals surface area contributed by atoms with E-state index in [9.17, 15) is 0 Å². The smallest absolute Gasteiger partial charge is 0.136 e. The van der Waals surface area contributed by atoms with Crippen LogP contribution in [0.2, 0.25) is 13.1 Å². The average molecular weight is 158 g/mol.